The van der Waals surface area contributed by atoms with Gasteiger partial charge >= 0.3 is 0 Å². The first kappa shape index (κ1) is 12.7. The Hall–Kier alpha value is -1.78. The zero-order valence-electron chi connectivity index (χ0n) is 8.97. The van der Waals surface area contributed by atoms with Gasteiger partial charge in [0, 0.05) is 6.07 Å². The van der Waals surface area contributed by atoms with E-state index in [0.717, 1.165) is 0 Å². The first-order valence-corrected chi connectivity index (χ1v) is 5.70. The van der Waals surface area contributed by atoms with Crippen molar-refractivity contribution in [2.24, 2.45) is 0 Å². The van der Waals surface area contributed by atoms with E-state index in [1.165, 1.54) is 18.2 Å². The first-order valence-electron chi connectivity index (χ1n) is 4.94. The van der Waals surface area contributed by atoms with Crippen molar-refractivity contribution in [1.82, 2.24) is 0 Å². The predicted molar refractivity (Wildman–Crippen MR) is 69.6 cm³/mol. The fourth-order valence-corrected chi connectivity index (χ4v) is 1.68. The topological polar surface area (TPSA) is 52.4 Å². The highest BCUT2D eigenvalue weighted by Crippen LogP contribution is 2.35. The molecule has 4 nitrogen and oxygen atoms in total. The average molecular weight is 284 g/mol. The Morgan fingerprint density at radius 1 is 1.11 bits per heavy atom. The number of hydrogen-bond acceptors (Lipinski definition) is 3. The quantitative estimate of drug-likeness (QED) is 0.606. The van der Waals surface area contributed by atoms with Crippen LogP contribution in [0, 0.1) is 10.1 Å². The smallest absolute Gasteiger partial charge is 0.273 e. The minimum absolute atomic E-state index is 0.0503. The summed E-state index contributed by atoms with van der Waals surface area (Å²) in [6.07, 6.45) is 0. The van der Waals surface area contributed by atoms with Gasteiger partial charge in [-0.1, -0.05) is 35.3 Å². The highest BCUT2D eigenvalue weighted by atomic mass is 35.5. The third-order valence-electron chi connectivity index (χ3n) is 2.17. The van der Waals surface area contributed by atoms with Crippen LogP contribution in [-0.4, -0.2) is 4.92 Å². The van der Waals surface area contributed by atoms with Crippen molar-refractivity contribution in [2.75, 3.05) is 0 Å². The largest absolute Gasteiger partial charge is 0.455 e. The van der Waals surface area contributed by atoms with Gasteiger partial charge in [0.2, 0.25) is 0 Å². The van der Waals surface area contributed by atoms with Crippen LogP contribution in [0.2, 0.25) is 10.0 Å². The molecule has 2 rings (SSSR count). The lowest BCUT2D eigenvalue weighted by atomic mass is 10.3. The lowest BCUT2D eigenvalue weighted by Gasteiger charge is -2.07. The Labute approximate surface area is 113 Å². The summed E-state index contributed by atoms with van der Waals surface area (Å²) in [5, 5.41) is 11.3. The van der Waals surface area contributed by atoms with Gasteiger partial charge < -0.3 is 4.74 Å². The summed E-state index contributed by atoms with van der Waals surface area (Å²) in [7, 11) is 0. The van der Waals surface area contributed by atoms with E-state index in [1.54, 1.807) is 24.3 Å². The Bertz CT molecular complexity index is 602. The maximum Gasteiger partial charge on any atom is 0.273 e. The molecule has 0 radical (unpaired) electrons. The van der Waals surface area contributed by atoms with Crippen molar-refractivity contribution in [3.8, 4) is 11.5 Å². The van der Waals surface area contributed by atoms with Crippen LogP contribution >= 0.6 is 23.2 Å². The molecule has 0 N–H and O–H groups in total. The number of rotatable bonds is 3. The van der Waals surface area contributed by atoms with Gasteiger partial charge in [0.25, 0.3) is 5.69 Å². The van der Waals surface area contributed by atoms with Crippen LogP contribution in [-0.2, 0) is 0 Å². The molecular formula is C12H7Cl2NO3. The number of benzene rings is 2. The van der Waals surface area contributed by atoms with Gasteiger partial charge in [0.05, 0.1) is 16.0 Å². The zero-order valence-corrected chi connectivity index (χ0v) is 10.5. The molecule has 0 atom stereocenters. The lowest BCUT2D eigenvalue weighted by Crippen LogP contribution is -1.90. The van der Waals surface area contributed by atoms with E-state index in [9.17, 15) is 10.1 Å². The molecule has 0 saturated carbocycles. The van der Waals surface area contributed by atoms with Crippen LogP contribution in [0.25, 0.3) is 0 Å². The van der Waals surface area contributed by atoms with Crippen molar-refractivity contribution in [1.29, 1.82) is 0 Å². The highest BCUT2D eigenvalue weighted by Gasteiger charge is 2.10. The molecule has 0 unspecified atom stereocenters. The molecule has 0 saturated heterocycles. The van der Waals surface area contributed by atoms with Crippen LogP contribution in [0.4, 0.5) is 5.69 Å². The molecule has 0 aliphatic heterocycles. The minimum Gasteiger partial charge on any atom is -0.455 e. The summed E-state index contributed by atoms with van der Waals surface area (Å²) >= 11 is 11.8. The number of nitrogens with zero attached hydrogens (tertiary/aromatic N) is 1. The summed E-state index contributed by atoms with van der Waals surface area (Å²) < 4.78 is 5.46. The molecule has 0 fully saturated rings. The molecule has 0 spiro atoms. The number of halogens is 2. The summed E-state index contributed by atoms with van der Waals surface area (Å²) in [4.78, 5) is 10.1. The Morgan fingerprint density at radius 2 is 1.83 bits per heavy atom. The van der Waals surface area contributed by atoms with Crippen LogP contribution in [0.1, 0.15) is 0 Å². The number of nitro benzene ring substituents is 1. The maximum atomic E-state index is 10.6. The fourth-order valence-electron chi connectivity index (χ4n) is 1.35. The third kappa shape index (κ3) is 2.72. The average Bonchev–Trinajstić information content (AvgIpc) is 2.35. The first-order chi connectivity index (χ1) is 8.58. The van der Waals surface area contributed by atoms with Crippen LogP contribution in [0.5, 0.6) is 11.5 Å². The van der Waals surface area contributed by atoms with E-state index < -0.39 is 4.92 Å². The Balaban J connectivity index is 2.31. The molecule has 6 heteroatoms. The number of nitro groups is 1. The second kappa shape index (κ2) is 5.25. The van der Waals surface area contributed by atoms with Gasteiger partial charge in [-0.05, 0) is 18.2 Å². The number of ether oxygens (including phenoxy) is 1. The minimum atomic E-state index is -0.494. The van der Waals surface area contributed by atoms with Crippen molar-refractivity contribution in [3.63, 3.8) is 0 Å². The normalized spacial score (nSPS) is 10.1. The van der Waals surface area contributed by atoms with Crippen molar-refractivity contribution in [2.45, 2.75) is 0 Å². The third-order valence-corrected chi connectivity index (χ3v) is 2.97. The molecule has 0 aliphatic carbocycles. The van der Waals surface area contributed by atoms with Gasteiger partial charge in [-0.2, -0.15) is 0 Å². The van der Waals surface area contributed by atoms with Gasteiger partial charge in [0.1, 0.15) is 16.5 Å². The summed E-state index contributed by atoms with van der Waals surface area (Å²) in [5.74, 6) is 0.679. The summed E-state index contributed by atoms with van der Waals surface area (Å²) in [6.45, 7) is 0. The molecule has 0 aliphatic rings. The SMILES string of the molecule is O=[N+]([O-])c1cccc(Oc2cccc(Cl)c2Cl)c1. The van der Waals surface area contributed by atoms with Crippen molar-refractivity contribution in [3.05, 3.63) is 62.6 Å². The lowest BCUT2D eigenvalue weighted by molar-refractivity contribution is -0.384. The monoisotopic (exact) mass is 283 g/mol. The zero-order chi connectivity index (χ0) is 13.1. The van der Waals surface area contributed by atoms with Crippen molar-refractivity contribution < 1.29 is 9.66 Å². The number of hydrogen-bond donors (Lipinski definition) is 0. The number of non-ortho nitro benzene ring substituents is 1. The Kier molecular flexibility index (Phi) is 3.69. The standard InChI is InChI=1S/C12H7Cl2NO3/c13-10-5-2-6-11(12(10)14)18-9-4-1-3-8(7-9)15(16)17/h1-7H. The molecule has 2 aromatic carbocycles. The van der Waals surface area contributed by atoms with E-state index in [-0.39, 0.29) is 10.7 Å². The van der Waals surface area contributed by atoms with Crippen LogP contribution in [0.15, 0.2) is 42.5 Å². The van der Waals surface area contributed by atoms with E-state index in [4.69, 9.17) is 27.9 Å². The second-order valence-corrected chi connectivity index (χ2v) is 4.19. The Morgan fingerprint density at radius 3 is 2.56 bits per heavy atom. The van der Waals surface area contributed by atoms with Crippen LogP contribution < -0.4 is 4.74 Å². The van der Waals surface area contributed by atoms with E-state index in [2.05, 4.69) is 0 Å². The van der Waals surface area contributed by atoms with Crippen LogP contribution in [0.3, 0.4) is 0 Å². The molecule has 0 aromatic heterocycles. The summed E-state index contributed by atoms with van der Waals surface area (Å²) in [6, 6.07) is 10.8. The van der Waals surface area contributed by atoms with E-state index in [1.807, 2.05) is 0 Å². The highest BCUT2D eigenvalue weighted by molar-refractivity contribution is 6.42. The maximum absolute atomic E-state index is 10.6. The van der Waals surface area contributed by atoms with Gasteiger partial charge in [-0.15, -0.1) is 0 Å². The van der Waals surface area contributed by atoms with Crippen molar-refractivity contribution >= 4 is 28.9 Å². The molecular weight excluding hydrogens is 277 g/mol. The molecule has 0 amide bonds. The van der Waals surface area contributed by atoms with E-state index in [0.29, 0.717) is 16.5 Å². The molecule has 2 aromatic rings. The predicted octanol–water partition coefficient (Wildman–Crippen LogP) is 4.69. The second-order valence-electron chi connectivity index (χ2n) is 3.41. The van der Waals surface area contributed by atoms with Gasteiger partial charge in [-0.25, -0.2) is 0 Å². The van der Waals surface area contributed by atoms with Gasteiger partial charge in [-0.3, -0.25) is 10.1 Å². The van der Waals surface area contributed by atoms with Gasteiger partial charge in [0.15, 0.2) is 0 Å². The fraction of sp³-hybridized carbons (Fsp3) is 0. The van der Waals surface area contributed by atoms with E-state index >= 15 is 0 Å². The summed E-state index contributed by atoms with van der Waals surface area (Å²) in [5.41, 5.74) is -0.0503. The molecule has 0 heterocycles. The molecule has 92 valence electrons. The molecule has 0 bridgehead atoms. The molecule has 18 heavy (non-hydrogen) atoms.